The average Bonchev–Trinajstić information content (AvgIpc) is 2.28. The van der Waals surface area contributed by atoms with Crippen LogP contribution in [0.1, 0.15) is 32.4 Å². The minimum absolute atomic E-state index is 0.00175. The lowest BCUT2D eigenvalue weighted by atomic mass is 10.1. The molecule has 5 heteroatoms. The molecule has 0 aromatic heterocycles. The van der Waals surface area contributed by atoms with Gasteiger partial charge in [-0.15, -0.1) is 0 Å². The molecule has 5 nitrogen and oxygen atoms in total. The minimum atomic E-state index is -0.465. The average molecular weight is 253 g/mol. The molecule has 0 aliphatic rings. The fourth-order valence-corrected chi connectivity index (χ4v) is 1.70. The van der Waals surface area contributed by atoms with Gasteiger partial charge in [0.05, 0.1) is 6.61 Å². The molecule has 0 saturated carbocycles. The zero-order valence-electron chi connectivity index (χ0n) is 10.8. The standard InChI is InChI=1S/C13H19NO4/c1-4-18-13(17)9(3)14-8(2)11-6-5-10(15)7-12(11)16/h5-9,14-16H,4H2,1-3H3. The third-order valence-corrected chi connectivity index (χ3v) is 2.62. The number of esters is 1. The lowest BCUT2D eigenvalue weighted by molar-refractivity contribution is -0.145. The van der Waals surface area contributed by atoms with Gasteiger partial charge in [0, 0.05) is 17.7 Å². The molecule has 2 unspecified atom stereocenters. The van der Waals surface area contributed by atoms with E-state index < -0.39 is 6.04 Å². The van der Waals surface area contributed by atoms with Crippen LogP contribution in [-0.4, -0.2) is 28.8 Å². The first-order valence-corrected chi connectivity index (χ1v) is 5.90. The Kier molecular flexibility index (Phi) is 4.97. The summed E-state index contributed by atoms with van der Waals surface area (Å²) in [5, 5.41) is 21.9. The molecule has 0 radical (unpaired) electrons. The van der Waals surface area contributed by atoms with Crippen molar-refractivity contribution in [3.63, 3.8) is 0 Å². The van der Waals surface area contributed by atoms with Crippen LogP contribution in [0.15, 0.2) is 18.2 Å². The van der Waals surface area contributed by atoms with Crippen molar-refractivity contribution in [1.29, 1.82) is 0 Å². The van der Waals surface area contributed by atoms with Crippen LogP contribution < -0.4 is 5.32 Å². The van der Waals surface area contributed by atoms with Crippen molar-refractivity contribution < 1.29 is 19.7 Å². The molecule has 0 aliphatic carbocycles. The van der Waals surface area contributed by atoms with Crippen molar-refractivity contribution in [1.82, 2.24) is 5.32 Å². The number of hydrogen-bond acceptors (Lipinski definition) is 5. The van der Waals surface area contributed by atoms with E-state index >= 15 is 0 Å². The summed E-state index contributed by atoms with van der Waals surface area (Å²) in [5.41, 5.74) is 0.615. The Bertz CT molecular complexity index is 419. The number of nitrogens with one attached hydrogen (secondary N) is 1. The molecule has 100 valence electrons. The predicted molar refractivity (Wildman–Crippen MR) is 67.4 cm³/mol. The molecule has 0 fully saturated rings. The first-order valence-electron chi connectivity index (χ1n) is 5.90. The molecule has 0 heterocycles. The molecular formula is C13H19NO4. The monoisotopic (exact) mass is 253 g/mol. The van der Waals surface area contributed by atoms with E-state index in [1.807, 2.05) is 6.92 Å². The van der Waals surface area contributed by atoms with Crippen LogP contribution >= 0.6 is 0 Å². The molecular weight excluding hydrogens is 234 g/mol. The Morgan fingerprint density at radius 3 is 2.61 bits per heavy atom. The topological polar surface area (TPSA) is 78.8 Å². The summed E-state index contributed by atoms with van der Waals surface area (Å²) in [4.78, 5) is 11.5. The maximum absolute atomic E-state index is 11.5. The molecule has 1 aromatic rings. The van der Waals surface area contributed by atoms with E-state index in [1.165, 1.54) is 12.1 Å². The minimum Gasteiger partial charge on any atom is -0.508 e. The van der Waals surface area contributed by atoms with E-state index in [-0.39, 0.29) is 23.5 Å². The Balaban J connectivity index is 2.70. The van der Waals surface area contributed by atoms with Crippen LogP contribution in [0.4, 0.5) is 0 Å². The second-order valence-electron chi connectivity index (χ2n) is 4.11. The number of aromatic hydroxyl groups is 2. The highest BCUT2D eigenvalue weighted by atomic mass is 16.5. The van der Waals surface area contributed by atoms with Crippen LogP contribution in [0, 0.1) is 0 Å². The van der Waals surface area contributed by atoms with Gasteiger partial charge in [0.15, 0.2) is 0 Å². The van der Waals surface area contributed by atoms with E-state index in [4.69, 9.17) is 4.74 Å². The van der Waals surface area contributed by atoms with Crippen molar-refractivity contribution >= 4 is 5.97 Å². The van der Waals surface area contributed by atoms with Crippen molar-refractivity contribution in [3.8, 4) is 11.5 Å². The van der Waals surface area contributed by atoms with Gasteiger partial charge in [-0.2, -0.15) is 0 Å². The third-order valence-electron chi connectivity index (χ3n) is 2.62. The maximum Gasteiger partial charge on any atom is 0.322 e. The Labute approximate surface area is 106 Å². The van der Waals surface area contributed by atoms with Gasteiger partial charge in [0.1, 0.15) is 17.5 Å². The van der Waals surface area contributed by atoms with Crippen molar-refractivity contribution in [2.24, 2.45) is 0 Å². The SMILES string of the molecule is CCOC(=O)C(C)NC(C)c1ccc(O)cc1O. The van der Waals surface area contributed by atoms with Crippen molar-refractivity contribution in [3.05, 3.63) is 23.8 Å². The van der Waals surface area contributed by atoms with Crippen LogP contribution in [0.25, 0.3) is 0 Å². The van der Waals surface area contributed by atoms with Gasteiger partial charge in [-0.05, 0) is 26.8 Å². The summed E-state index contributed by atoms with van der Waals surface area (Å²) in [6.07, 6.45) is 0. The highest BCUT2D eigenvalue weighted by Gasteiger charge is 2.18. The van der Waals surface area contributed by atoms with Crippen molar-refractivity contribution in [2.45, 2.75) is 32.9 Å². The Hall–Kier alpha value is -1.75. The molecule has 0 bridgehead atoms. The number of phenolic OH excluding ortho intramolecular Hbond substituents is 2. The molecule has 3 N–H and O–H groups in total. The third kappa shape index (κ3) is 3.63. The number of ether oxygens (including phenoxy) is 1. The predicted octanol–water partition coefficient (Wildman–Crippen LogP) is 1.70. The van der Waals surface area contributed by atoms with Crippen LogP contribution in [0.5, 0.6) is 11.5 Å². The molecule has 1 rings (SSSR count). The number of carbonyl (C=O) groups excluding carboxylic acids is 1. The molecule has 2 atom stereocenters. The number of phenols is 2. The summed E-state index contributed by atoms with van der Waals surface area (Å²) >= 11 is 0. The fourth-order valence-electron chi connectivity index (χ4n) is 1.70. The molecule has 1 aromatic carbocycles. The second-order valence-corrected chi connectivity index (χ2v) is 4.11. The number of hydrogen-bond donors (Lipinski definition) is 3. The zero-order chi connectivity index (χ0) is 13.7. The largest absolute Gasteiger partial charge is 0.508 e. The van der Waals surface area contributed by atoms with Crippen LogP contribution in [0.3, 0.4) is 0 Å². The summed E-state index contributed by atoms with van der Waals surface area (Å²) in [7, 11) is 0. The molecule has 18 heavy (non-hydrogen) atoms. The molecule has 0 saturated heterocycles. The smallest absolute Gasteiger partial charge is 0.322 e. The number of rotatable bonds is 5. The molecule has 0 spiro atoms. The van der Waals surface area contributed by atoms with Gasteiger partial charge in [0.25, 0.3) is 0 Å². The quantitative estimate of drug-likeness (QED) is 0.696. The van der Waals surface area contributed by atoms with Crippen LogP contribution in [-0.2, 0) is 9.53 Å². The summed E-state index contributed by atoms with van der Waals surface area (Å²) in [6.45, 7) is 5.61. The highest BCUT2D eigenvalue weighted by molar-refractivity contribution is 5.75. The van der Waals surface area contributed by atoms with E-state index in [0.717, 1.165) is 0 Å². The lowest BCUT2D eigenvalue weighted by Crippen LogP contribution is -2.37. The first kappa shape index (κ1) is 14.3. The molecule has 0 amide bonds. The number of carbonyl (C=O) groups is 1. The summed E-state index contributed by atoms with van der Waals surface area (Å²) < 4.78 is 4.89. The van der Waals surface area contributed by atoms with Gasteiger partial charge in [0.2, 0.25) is 0 Å². The fraction of sp³-hybridized carbons (Fsp3) is 0.462. The Morgan fingerprint density at radius 1 is 1.39 bits per heavy atom. The van der Waals surface area contributed by atoms with Gasteiger partial charge >= 0.3 is 5.97 Å². The number of benzene rings is 1. The summed E-state index contributed by atoms with van der Waals surface area (Å²) in [5.74, 6) is -0.337. The highest BCUT2D eigenvalue weighted by Crippen LogP contribution is 2.27. The van der Waals surface area contributed by atoms with E-state index in [2.05, 4.69) is 5.32 Å². The van der Waals surface area contributed by atoms with Crippen molar-refractivity contribution in [2.75, 3.05) is 6.61 Å². The first-order chi connectivity index (χ1) is 8.45. The zero-order valence-corrected chi connectivity index (χ0v) is 10.8. The van der Waals surface area contributed by atoms with Gasteiger partial charge < -0.3 is 14.9 Å². The van der Waals surface area contributed by atoms with E-state index in [0.29, 0.717) is 12.2 Å². The second kappa shape index (κ2) is 6.26. The van der Waals surface area contributed by atoms with E-state index in [1.54, 1.807) is 19.9 Å². The molecule has 0 aliphatic heterocycles. The normalized spacial score (nSPS) is 13.9. The van der Waals surface area contributed by atoms with Gasteiger partial charge in [-0.3, -0.25) is 10.1 Å². The van der Waals surface area contributed by atoms with Gasteiger partial charge in [-0.1, -0.05) is 6.07 Å². The van der Waals surface area contributed by atoms with Gasteiger partial charge in [-0.25, -0.2) is 0 Å². The maximum atomic E-state index is 11.5. The summed E-state index contributed by atoms with van der Waals surface area (Å²) in [6, 6.07) is 3.67. The van der Waals surface area contributed by atoms with E-state index in [9.17, 15) is 15.0 Å². The van der Waals surface area contributed by atoms with Crippen LogP contribution in [0.2, 0.25) is 0 Å². The Morgan fingerprint density at radius 2 is 2.06 bits per heavy atom. The lowest BCUT2D eigenvalue weighted by Gasteiger charge is -2.20.